The van der Waals surface area contributed by atoms with Crippen molar-refractivity contribution in [1.82, 2.24) is 4.90 Å². The summed E-state index contributed by atoms with van der Waals surface area (Å²) in [5.74, 6) is -1.78. The van der Waals surface area contributed by atoms with Crippen LogP contribution in [0.4, 0.5) is 0 Å². The number of aliphatic carboxylic acids is 1. The van der Waals surface area contributed by atoms with Crippen LogP contribution in [0.3, 0.4) is 0 Å². The lowest BCUT2D eigenvalue weighted by atomic mass is 10.1. The van der Waals surface area contributed by atoms with Gasteiger partial charge in [0.2, 0.25) is 0 Å². The number of carboxylic acid groups (broad SMARTS) is 1. The minimum atomic E-state index is -1.49. The maximum absolute atomic E-state index is 12.2. The highest BCUT2D eigenvalue weighted by Crippen LogP contribution is 2.30. The minimum absolute atomic E-state index is 0.127. The third-order valence-electron chi connectivity index (χ3n) is 3.94. The predicted octanol–water partition coefficient (Wildman–Crippen LogP) is 1.44. The van der Waals surface area contributed by atoms with E-state index in [0.29, 0.717) is 16.4 Å². The molecule has 2 aromatic carbocycles. The van der Waals surface area contributed by atoms with E-state index < -0.39 is 24.3 Å². The fourth-order valence-electron chi connectivity index (χ4n) is 2.52. The molecule has 0 spiro atoms. The standard InChI is InChI=1S/C18H15NO5/c1-10-3-4-12(7-11(10)2)24-13-5-6-14-15(8-13)18(23)19(17(14)22)9-16(20)21/h3-8H,9H2,1-2H3,(H,20,21)/p-1. The predicted molar refractivity (Wildman–Crippen MR) is 82.8 cm³/mol. The highest BCUT2D eigenvalue weighted by molar-refractivity contribution is 6.22. The van der Waals surface area contributed by atoms with Gasteiger partial charge in [0, 0.05) is 0 Å². The van der Waals surface area contributed by atoms with E-state index in [4.69, 9.17) is 4.74 Å². The molecule has 0 N–H and O–H groups in total. The van der Waals surface area contributed by atoms with Crippen LogP contribution in [0.25, 0.3) is 0 Å². The van der Waals surface area contributed by atoms with Crippen molar-refractivity contribution in [2.45, 2.75) is 13.8 Å². The van der Waals surface area contributed by atoms with Crippen molar-refractivity contribution >= 4 is 17.8 Å². The molecule has 0 fully saturated rings. The van der Waals surface area contributed by atoms with Crippen molar-refractivity contribution in [3.63, 3.8) is 0 Å². The lowest BCUT2D eigenvalue weighted by Crippen LogP contribution is -2.41. The van der Waals surface area contributed by atoms with Gasteiger partial charge in [0.15, 0.2) is 0 Å². The summed E-state index contributed by atoms with van der Waals surface area (Å²) in [6.07, 6.45) is 0. The summed E-state index contributed by atoms with van der Waals surface area (Å²) in [5.41, 5.74) is 2.49. The van der Waals surface area contributed by atoms with Crippen LogP contribution < -0.4 is 9.84 Å². The maximum atomic E-state index is 12.2. The van der Waals surface area contributed by atoms with E-state index in [-0.39, 0.29) is 11.1 Å². The molecule has 6 nitrogen and oxygen atoms in total. The summed E-state index contributed by atoms with van der Waals surface area (Å²) in [6.45, 7) is 3.19. The van der Waals surface area contributed by atoms with Crippen LogP contribution in [0, 0.1) is 13.8 Å². The van der Waals surface area contributed by atoms with Crippen LogP contribution in [0.2, 0.25) is 0 Å². The van der Waals surface area contributed by atoms with Crippen LogP contribution in [0.15, 0.2) is 36.4 Å². The maximum Gasteiger partial charge on any atom is 0.262 e. The molecule has 1 heterocycles. The molecule has 3 rings (SSSR count). The van der Waals surface area contributed by atoms with Crippen molar-refractivity contribution < 1.29 is 24.2 Å². The van der Waals surface area contributed by atoms with E-state index in [1.165, 1.54) is 12.1 Å². The van der Waals surface area contributed by atoms with Crippen molar-refractivity contribution in [2.24, 2.45) is 0 Å². The first kappa shape index (κ1) is 15.7. The second kappa shape index (κ2) is 5.81. The first-order valence-electron chi connectivity index (χ1n) is 7.32. The first-order valence-corrected chi connectivity index (χ1v) is 7.32. The number of carbonyl (C=O) groups excluding carboxylic acids is 3. The molecule has 0 aromatic heterocycles. The van der Waals surface area contributed by atoms with Crippen LogP contribution in [-0.4, -0.2) is 29.2 Å². The fourth-order valence-corrected chi connectivity index (χ4v) is 2.52. The average Bonchev–Trinajstić information content (AvgIpc) is 2.75. The fraction of sp³-hybridized carbons (Fsp3) is 0.167. The van der Waals surface area contributed by atoms with Gasteiger partial charge in [-0.15, -0.1) is 0 Å². The Bertz CT molecular complexity index is 872. The normalized spacial score (nSPS) is 13.2. The van der Waals surface area contributed by atoms with E-state index in [0.717, 1.165) is 11.1 Å². The summed E-state index contributed by atoms with van der Waals surface area (Å²) < 4.78 is 5.73. The number of imide groups is 1. The number of ether oxygens (including phenoxy) is 1. The molecule has 0 unspecified atom stereocenters. The number of aryl methyl sites for hydroxylation is 2. The topological polar surface area (TPSA) is 86.7 Å². The monoisotopic (exact) mass is 324 g/mol. The van der Waals surface area contributed by atoms with E-state index in [9.17, 15) is 19.5 Å². The number of hydrogen-bond donors (Lipinski definition) is 0. The van der Waals surface area contributed by atoms with E-state index in [1.807, 2.05) is 32.0 Å². The Morgan fingerprint density at radius 2 is 1.58 bits per heavy atom. The van der Waals surface area contributed by atoms with Crippen molar-refractivity contribution in [2.75, 3.05) is 6.54 Å². The summed E-state index contributed by atoms with van der Waals surface area (Å²) in [5, 5.41) is 10.7. The number of carbonyl (C=O) groups is 3. The summed E-state index contributed by atoms with van der Waals surface area (Å²) >= 11 is 0. The molecule has 0 saturated heterocycles. The van der Waals surface area contributed by atoms with Gasteiger partial charge in [-0.3, -0.25) is 14.5 Å². The Kier molecular flexibility index (Phi) is 3.81. The lowest BCUT2D eigenvalue weighted by molar-refractivity contribution is -0.305. The second-order valence-electron chi connectivity index (χ2n) is 5.62. The molecule has 2 amide bonds. The van der Waals surface area contributed by atoms with Gasteiger partial charge < -0.3 is 14.6 Å². The molecule has 6 heteroatoms. The van der Waals surface area contributed by atoms with Crippen LogP contribution in [-0.2, 0) is 4.79 Å². The number of rotatable bonds is 4. The van der Waals surface area contributed by atoms with Gasteiger partial charge in [0.05, 0.1) is 23.6 Å². The Labute approximate surface area is 138 Å². The SMILES string of the molecule is Cc1ccc(Oc2ccc3c(c2)C(=O)N(CC(=O)[O-])C3=O)cc1C. The number of nitrogens with zero attached hydrogens (tertiary/aromatic N) is 1. The van der Waals surface area contributed by atoms with Gasteiger partial charge in [0.25, 0.3) is 11.8 Å². The van der Waals surface area contributed by atoms with Crippen LogP contribution >= 0.6 is 0 Å². The smallest absolute Gasteiger partial charge is 0.262 e. The molecule has 1 aliphatic heterocycles. The molecule has 122 valence electrons. The Morgan fingerprint density at radius 1 is 0.958 bits per heavy atom. The molecule has 0 aliphatic carbocycles. The highest BCUT2D eigenvalue weighted by Gasteiger charge is 2.35. The van der Waals surface area contributed by atoms with Gasteiger partial charge in [-0.25, -0.2) is 0 Å². The van der Waals surface area contributed by atoms with E-state index in [2.05, 4.69) is 0 Å². The van der Waals surface area contributed by atoms with Crippen molar-refractivity contribution in [3.05, 3.63) is 58.7 Å². The first-order chi connectivity index (χ1) is 11.4. The van der Waals surface area contributed by atoms with Gasteiger partial charge >= 0.3 is 0 Å². The molecule has 0 saturated carbocycles. The number of hydrogen-bond acceptors (Lipinski definition) is 5. The highest BCUT2D eigenvalue weighted by atomic mass is 16.5. The molecule has 1 aliphatic rings. The third-order valence-corrected chi connectivity index (χ3v) is 3.94. The minimum Gasteiger partial charge on any atom is -0.548 e. The van der Waals surface area contributed by atoms with Gasteiger partial charge in [-0.05, 0) is 55.3 Å². The molecule has 0 bridgehead atoms. The number of amides is 2. The molecule has 0 radical (unpaired) electrons. The zero-order valence-electron chi connectivity index (χ0n) is 13.2. The molecular formula is C18H14NO5-. The van der Waals surface area contributed by atoms with Crippen molar-refractivity contribution in [3.8, 4) is 11.5 Å². The molecule has 24 heavy (non-hydrogen) atoms. The summed E-state index contributed by atoms with van der Waals surface area (Å²) in [7, 11) is 0. The van der Waals surface area contributed by atoms with Gasteiger partial charge in [0.1, 0.15) is 11.5 Å². The van der Waals surface area contributed by atoms with E-state index in [1.54, 1.807) is 6.07 Å². The molecule has 0 atom stereocenters. The van der Waals surface area contributed by atoms with Gasteiger partial charge in [-0.1, -0.05) is 6.07 Å². The van der Waals surface area contributed by atoms with E-state index >= 15 is 0 Å². The third kappa shape index (κ3) is 2.74. The summed E-state index contributed by atoms with van der Waals surface area (Å²) in [4.78, 5) is 35.6. The Balaban J connectivity index is 1.89. The molecular weight excluding hydrogens is 310 g/mol. The summed E-state index contributed by atoms with van der Waals surface area (Å²) in [6, 6.07) is 10.1. The van der Waals surface area contributed by atoms with Crippen LogP contribution in [0.5, 0.6) is 11.5 Å². The zero-order chi connectivity index (χ0) is 17.4. The lowest BCUT2D eigenvalue weighted by Gasteiger charge is -2.13. The van der Waals surface area contributed by atoms with Crippen molar-refractivity contribution in [1.29, 1.82) is 0 Å². The largest absolute Gasteiger partial charge is 0.548 e. The quantitative estimate of drug-likeness (QED) is 0.794. The number of fused-ring (bicyclic) bond motifs is 1. The van der Waals surface area contributed by atoms with Crippen LogP contribution in [0.1, 0.15) is 31.8 Å². The number of benzene rings is 2. The Morgan fingerprint density at radius 3 is 2.25 bits per heavy atom. The zero-order valence-corrected chi connectivity index (χ0v) is 13.2. The second-order valence-corrected chi connectivity index (χ2v) is 5.62. The Hall–Kier alpha value is -3.15. The average molecular weight is 324 g/mol. The molecule has 2 aromatic rings. The van der Waals surface area contributed by atoms with Gasteiger partial charge in [-0.2, -0.15) is 0 Å². The number of carboxylic acids is 1.